The fraction of sp³-hybridized carbons (Fsp3) is 0.478. The number of nitrogens with zero attached hydrogens (tertiary/aromatic N) is 1. The first-order valence-electron chi connectivity index (χ1n) is 10.3. The summed E-state index contributed by atoms with van der Waals surface area (Å²) in [4.78, 5) is 1.90. The summed E-state index contributed by atoms with van der Waals surface area (Å²) in [6.45, 7) is 5.72. The molecule has 0 radical (unpaired) electrons. The number of halogens is 3. The molecule has 0 amide bonds. The maximum absolute atomic E-state index is 14.1. The lowest BCUT2D eigenvalue weighted by Gasteiger charge is -2.36. The van der Waals surface area contributed by atoms with Gasteiger partial charge in [0.05, 0.1) is 11.3 Å². The second-order valence-corrected chi connectivity index (χ2v) is 8.28. The number of aryl methyl sites for hydroxylation is 1. The van der Waals surface area contributed by atoms with E-state index in [1.54, 1.807) is 0 Å². The van der Waals surface area contributed by atoms with Gasteiger partial charge in [0.2, 0.25) is 0 Å². The minimum atomic E-state index is -4.40. The molecule has 2 aliphatic heterocycles. The number of likely N-dealkylation sites (N-methyl/N-ethyl adjacent to an activating group) is 1. The highest BCUT2D eigenvalue weighted by molar-refractivity contribution is 5.76. The molecular weight excluding hydrogens is 375 g/mol. The largest absolute Gasteiger partial charge is 0.418 e. The van der Waals surface area contributed by atoms with Crippen molar-refractivity contribution in [2.24, 2.45) is 0 Å². The molecule has 3 nitrogen and oxygen atoms in total. The molecule has 1 saturated heterocycles. The van der Waals surface area contributed by atoms with Gasteiger partial charge >= 0.3 is 6.18 Å². The minimum absolute atomic E-state index is 0.0762. The Morgan fingerprint density at radius 2 is 1.97 bits per heavy atom. The van der Waals surface area contributed by atoms with Crippen LogP contribution in [0, 0.1) is 6.92 Å². The highest BCUT2D eigenvalue weighted by Crippen LogP contribution is 2.55. The summed E-state index contributed by atoms with van der Waals surface area (Å²) in [6, 6.07) is 11.0. The average Bonchev–Trinajstić information content (AvgIpc) is 2.82. The normalized spacial score (nSPS) is 24.1. The lowest BCUT2D eigenvalue weighted by Crippen LogP contribution is -2.43. The van der Waals surface area contributed by atoms with Crippen LogP contribution in [0.3, 0.4) is 0 Å². The first kappa shape index (κ1) is 20.1. The zero-order valence-electron chi connectivity index (χ0n) is 17.2. The number of para-hydroxylation sites is 1. The van der Waals surface area contributed by atoms with Crippen molar-refractivity contribution in [1.29, 1.82) is 0 Å². The van der Waals surface area contributed by atoms with Crippen LogP contribution in [0.2, 0.25) is 0 Å². The number of hydrogen-bond acceptors (Lipinski definition) is 3. The Kier molecular flexibility index (Phi) is 5.01. The van der Waals surface area contributed by atoms with Gasteiger partial charge in [-0.1, -0.05) is 25.1 Å². The Bertz CT molecular complexity index is 909. The van der Waals surface area contributed by atoms with E-state index in [0.29, 0.717) is 11.4 Å². The number of nitrogens with one attached hydrogen (secondary N) is 2. The molecule has 1 fully saturated rings. The van der Waals surface area contributed by atoms with Crippen LogP contribution in [0.4, 0.5) is 30.2 Å². The number of fused-ring (bicyclic) bond motifs is 3. The molecule has 2 N–H and O–H groups in total. The number of rotatable bonds is 3. The van der Waals surface area contributed by atoms with Gasteiger partial charge < -0.3 is 15.5 Å². The van der Waals surface area contributed by atoms with Crippen molar-refractivity contribution < 1.29 is 13.2 Å². The van der Waals surface area contributed by atoms with Gasteiger partial charge in [0, 0.05) is 29.9 Å². The van der Waals surface area contributed by atoms with E-state index in [0.717, 1.165) is 49.2 Å². The monoisotopic (exact) mass is 403 g/mol. The standard InChI is InChI=1S/C23H28F3N3/c1-4-22-10-12-27-11-9-20(22)29(3)21-17(22)13-16(14-18(21)23(24,25)26)28-19-8-6-5-7-15(19)2/h5-8,13-14,20,27-28H,4,9-12H2,1-3H3/t20-,22-/m0/s1. The second-order valence-electron chi connectivity index (χ2n) is 8.28. The summed E-state index contributed by atoms with van der Waals surface area (Å²) in [5.74, 6) is 0. The fourth-order valence-electron chi connectivity index (χ4n) is 5.31. The summed E-state index contributed by atoms with van der Waals surface area (Å²) in [7, 11) is 1.83. The number of hydrogen-bond donors (Lipinski definition) is 2. The van der Waals surface area contributed by atoms with Crippen LogP contribution in [-0.4, -0.2) is 26.2 Å². The van der Waals surface area contributed by atoms with E-state index in [1.807, 2.05) is 49.2 Å². The van der Waals surface area contributed by atoms with Crippen molar-refractivity contribution >= 4 is 17.1 Å². The summed E-state index contributed by atoms with van der Waals surface area (Å²) in [5, 5.41) is 6.68. The number of benzene rings is 2. The van der Waals surface area contributed by atoms with Gasteiger partial charge in [-0.2, -0.15) is 13.2 Å². The maximum Gasteiger partial charge on any atom is 0.418 e. The van der Waals surface area contributed by atoms with Crippen LogP contribution in [-0.2, 0) is 11.6 Å². The van der Waals surface area contributed by atoms with Gasteiger partial charge in [-0.3, -0.25) is 0 Å². The van der Waals surface area contributed by atoms with Crippen molar-refractivity contribution in [3.05, 3.63) is 53.1 Å². The molecular formula is C23H28F3N3. The molecule has 0 saturated carbocycles. The third kappa shape index (κ3) is 3.27. The SMILES string of the molecule is CC[C@@]12CCNCC[C@@H]1N(C)c1c(C(F)(F)F)cc(Nc3ccccc3C)cc12. The van der Waals surface area contributed by atoms with E-state index in [1.165, 1.54) is 6.07 Å². The molecule has 2 aromatic rings. The first-order chi connectivity index (χ1) is 13.8. The molecule has 0 aliphatic carbocycles. The zero-order valence-corrected chi connectivity index (χ0v) is 17.2. The summed E-state index contributed by atoms with van der Waals surface area (Å²) in [6.07, 6.45) is -1.90. The molecule has 2 atom stereocenters. The highest BCUT2D eigenvalue weighted by atomic mass is 19.4. The highest BCUT2D eigenvalue weighted by Gasteiger charge is 2.52. The first-order valence-corrected chi connectivity index (χ1v) is 10.3. The van der Waals surface area contributed by atoms with Crippen molar-refractivity contribution in [1.82, 2.24) is 5.32 Å². The molecule has 2 heterocycles. The lowest BCUT2D eigenvalue weighted by molar-refractivity contribution is -0.137. The van der Waals surface area contributed by atoms with Crippen LogP contribution in [0.5, 0.6) is 0 Å². The van der Waals surface area contributed by atoms with Crippen molar-refractivity contribution in [2.75, 3.05) is 30.4 Å². The Morgan fingerprint density at radius 1 is 1.21 bits per heavy atom. The molecule has 2 aromatic carbocycles. The Balaban J connectivity index is 1.90. The molecule has 29 heavy (non-hydrogen) atoms. The average molecular weight is 403 g/mol. The lowest BCUT2D eigenvalue weighted by atomic mass is 9.71. The van der Waals surface area contributed by atoms with Crippen molar-refractivity contribution in [3.8, 4) is 0 Å². The second kappa shape index (κ2) is 7.24. The quantitative estimate of drug-likeness (QED) is 0.698. The summed E-state index contributed by atoms with van der Waals surface area (Å²) >= 11 is 0. The predicted molar refractivity (Wildman–Crippen MR) is 112 cm³/mol. The molecule has 156 valence electrons. The molecule has 0 bridgehead atoms. The van der Waals surface area contributed by atoms with Gasteiger partial charge in [-0.05, 0) is 68.6 Å². The van der Waals surface area contributed by atoms with Crippen LogP contribution in [0.25, 0.3) is 0 Å². The van der Waals surface area contributed by atoms with E-state index < -0.39 is 11.7 Å². The van der Waals surface area contributed by atoms with Crippen LogP contribution in [0.1, 0.15) is 42.9 Å². The minimum Gasteiger partial charge on any atom is -0.370 e. The van der Waals surface area contributed by atoms with Crippen LogP contribution < -0.4 is 15.5 Å². The van der Waals surface area contributed by atoms with Gasteiger partial charge in [-0.15, -0.1) is 0 Å². The van der Waals surface area contributed by atoms with Gasteiger partial charge in [-0.25, -0.2) is 0 Å². The Morgan fingerprint density at radius 3 is 2.66 bits per heavy atom. The molecule has 0 aromatic heterocycles. The molecule has 0 unspecified atom stereocenters. The third-order valence-electron chi connectivity index (χ3n) is 6.81. The molecule has 0 spiro atoms. The van der Waals surface area contributed by atoms with E-state index >= 15 is 0 Å². The van der Waals surface area contributed by atoms with Crippen molar-refractivity contribution in [3.63, 3.8) is 0 Å². The van der Waals surface area contributed by atoms with Crippen molar-refractivity contribution in [2.45, 2.75) is 50.7 Å². The maximum atomic E-state index is 14.1. The molecule has 2 aliphatic rings. The topological polar surface area (TPSA) is 27.3 Å². The number of anilines is 3. The Hall–Kier alpha value is -2.21. The molecule has 4 rings (SSSR count). The van der Waals surface area contributed by atoms with E-state index in [-0.39, 0.29) is 11.5 Å². The van der Waals surface area contributed by atoms with Crippen LogP contribution in [0.15, 0.2) is 36.4 Å². The van der Waals surface area contributed by atoms with Gasteiger partial charge in [0.15, 0.2) is 0 Å². The predicted octanol–water partition coefficient (Wildman–Crippen LogP) is 5.61. The van der Waals surface area contributed by atoms with E-state index in [9.17, 15) is 13.2 Å². The third-order valence-corrected chi connectivity index (χ3v) is 6.81. The smallest absolute Gasteiger partial charge is 0.370 e. The number of alkyl halides is 3. The summed E-state index contributed by atoms with van der Waals surface area (Å²) < 4.78 is 42.4. The fourth-order valence-corrected chi connectivity index (χ4v) is 5.31. The summed E-state index contributed by atoms with van der Waals surface area (Å²) in [5.41, 5.74) is 2.73. The Labute approximate surface area is 170 Å². The van der Waals surface area contributed by atoms with Gasteiger partial charge in [0.1, 0.15) is 0 Å². The zero-order chi connectivity index (χ0) is 20.8. The van der Waals surface area contributed by atoms with Gasteiger partial charge in [0.25, 0.3) is 0 Å². The van der Waals surface area contributed by atoms with E-state index in [2.05, 4.69) is 17.6 Å². The molecule has 6 heteroatoms. The van der Waals surface area contributed by atoms with Crippen LogP contribution >= 0.6 is 0 Å². The van der Waals surface area contributed by atoms with E-state index in [4.69, 9.17) is 0 Å².